The Morgan fingerprint density at radius 2 is 2.04 bits per heavy atom. The van der Waals surface area contributed by atoms with Gasteiger partial charge < -0.3 is 13.6 Å². The highest BCUT2D eigenvalue weighted by atomic mass is 16.5. The highest BCUT2D eigenvalue weighted by molar-refractivity contribution is 5.95. The van der Waals surface area contributed by atoms with Crippen molar-refractivity contribution in [2.75, 3.05) is 6.61 Å². The fourth-order valence-corrected chi connectivity index (χ4v) is 2.04. The van der Waals surface area contributed by atoms with E-state index in [0.29, 0.717) is 23.7 Å². The van der Waals surface area contributed by atoms with E-state index in [1.165, 1.54) is 6.26 Å². The molecule has 0 saturated heterocycles. The third-order valence-electron chi connectivity index (χ3n) is 3.12. The van der Waals surface area contributed by atoms with Gasteiger partial charge in [-0.2, -0.15) is 4.68 Å². The molecule has 0 aliphatic heterocycles. The van der Waals surface area contributed by atoms with Crippen LogP contribution in [0.15, 0.2) is 56.3 Å². The van der Waals surface area contributed by atoms with E-state index >= 15 is 0 Å². The molecule has 0 aliphatic carbocycles. The summed E-state index contributed by atoms with van der Waals surface area (Å²) in [5.74, 6) is 0.0850. The number of ketones is 1. The maximum absolute atomic E-state index is 12.2. The fourth-order valence-electron chi connectivity index (χ4n) is 2.04. The average molecular weight is 314 g/mol. The summed E-state index contributed by atoms with van der Waals surface area (Å²) >= 11 is 0. The first-order chi connectivity index (χ1) is 11.2. The van der Waals surface area contributed by atoms with E-state index in [9.17, 15) is 9.59 Å². The lowest BCUT2D eigenvalue weighted by Crippen LogP contribution is -2.21. The largest absolute Gasteiger partial charge is 0.494 e. The minimum atomic E-state index is -0.712. The minimum Gasteiger partial charge on any atom is -0.494 e. The molecule has 0 N–H and O–H groups in total. The van der Waals surface area contributed by atoms with E-state index in [4.69, 9.17) is 13.6 Å². The van der Waals surface area contributed by atoms with Gasteiger partial charge in [0.05, 0.1) is 12.9 Å². The Kier molecular flexibility index (Phi) is 4.09. The zero-order valence-corrected chi connectivity index (χ0v) is 12.4. The van der Waals surface area contributed by atoms with Crippen LogP contribution in [0.2, 0.25) is 0 Å². The molecule has 0 aliphatic rings. The Balaban J connectivity index is 1.76. The average Bonchev–Trinajstić information content (AvgIpc) is 3.19. The number of carbonyl (C=O) groups is 1. The molecule has 2 aromatic heterocycles. The van der Waals surface area contributed by atoms with Crippen LogP contribution < -0.4 is 10.5 Å². The predicted octanol–water partition coefficient (Wildman–Crippen LogP) is 2.38. The number of carbonyl (C=O) groups excluding carboxylic acids is 1. The van der Waals surface area contributed by atoms with Gasteiger partial charge in [-0.3, -0.25) is 4.79 Å². The van der Waals surface area contributed by atoms with E-state index in [-0.39, 0.29) is 18.2 Å². The first-order valence-electron chi connectivity index (χ1n) is 7.05. The van der Waals surface area contributed by atoms with Gasteiger partial charge in [-0.25, -0.2) is 4.79 Å². The summed E-state index contributed by atoms with van der Waals surface area (Å²) in [6.45, 7) is 2.22. The topological polar surface area (TPSA) is 87.5 Å². The number of benzene rings is 1. The molecule has 3 aromatic rings. The molecule has 0 fully saturated rings. The number of aromatic nitrogens is 2. The quantitative estimate of drug-likeness (QED) is 0.649. The number of hydrogen-bond acceptors (Lipinski definition) is 6. The number of rotatable bonds is 6. The van der Waals surface area contributed by atoms with Crippen molar-refractivity contribution in [1.82, 2.24) is 9.78 Å². The van der Waals surface area contributed by atoms with Crippen LogP contribution in [-0.4, -0.2) is 22.2 Å². The van der Waals surface area contributed by atoms with Crippen LogP contribution in [0.1, 0.15) is 17.3 Å². The molecule has 0 radical (unpaired) electrons. The van der Waals surface area contributed by atoms with Gasteiger partial charge in [0.2, 0.25) is 0 Å². The van der Waals surface area contributed by atoms with Crippen molar-refractivity contribution in [2.24, 2.45) is 0 Å². The van der Waals surface area contributed by atoms with E-state index in [0.717, 1.165) is 4.68 Å². The summed E-state index contributed by atoms with van der Waals surface area (Å²) in [7, 11) is 0. The molecule has 3 rings (SSSR count). The van der Waals surface area contributed by atoms with Crippen LogP contribution in [0.5, 0.6) is 5.75 Å². The molecular weight excluding hydrogens is 300 g/mol. The highest BCUT2D eigenvalue weighted by Gasteiger charge is 2.15. The second kappa shape index (κ2) is 6.35. The summed E-state index contributed by atoms with van der Waals surface area (Å²) in [6, 6.07) is 9.97. The summed E-state index contributed by atoms with van der Waals surface area (Å²) in [5.41, 5.74) is 0.461. The highest BCUT2D eigenvalue weighted by Crippen LogP contribution is 2.16. The van der Waals surface area contributed by atoms with Crippen LogP contribution in [-0.2, 0) is 6.54 Å². The molecule has 0 unspecified atom stereocenters. The van der Waals surface area contributed by atoms with E-state index in [1.807, 2.05) is 6.92 Å². The van der Waals surface area contributed by atoms with Gasteiger partial charge in [-0.15, -0.1) is 5.10 Å². The van der Waals surface area contributed by atoms with Gasteiger partial charge in [0, 0.05) is 5.56 Å². The first kappa shape index (κ1) is 14.8. The van der Waals surface area contributed by atoms with Gasteiger partial charge >= 0.3 is 5.76 Å². The molecule has 0 spiro atoms. The number of furan rings is 1. The van der Waals surface area contributed by atoms with Gasteiger partial charge in [0.1, 0.15) is 12.3 Å². The molecule has 1 aromatic carbocycles. The Hall–Kier alpha value is -3.09. The Morgan fingerprint density at radius 3 is 2.70 bits per heavy atom. The van der Waals surface area contributed by atoms with E-state index in [2.05, 4.69) is 5.10 Å². The van der Waals surface area contributed by atoms with Crippen molar-refractivity contribution in [2.45, 2.75) is 13.5 Å². The fraction of sp³-hybridized carbons (Fsp3) is 0.188. The molecule has 7 nitrogen and oxygen atoms in total. The van der Waals surface area contributed by atoms with Crippen LogP contribution in [0.25, 0.3) is 11.7 Å². The summed E-state index contributed by atoms with van der Waals surface area (Å²) in [4.78, 5) is 24.0. The van der Waals surface area contributed by atoms with Crippen molar-refractivity contribution < 1.29 is 18.4 Å². The molecule has 2 heterocycles. The molecule has 0 saturated carbocycles. The number of nitrogens with zero attached hydrogens (tertiary/aromatic N) is 2. The van der Waals surface area contributed by atoms with Crippen molar-refractivity contribution in [1.29, 1.82) is 0 Å². The normalized spacial score (nSPS) is 10.7. The number of hydrogen-bond donors (Lipinski definition) is 0. The minimum absolute atomic E-state index is 0.0412. The first-order valence-corrected chi connectivity index (χ1v) is 7.05. The van der Waals surface area contributed by atoms with Crippen LogP contribution in [0.4, 0.5) is 0 Å². The zero-order valence-electron chi connectivity index (χ0n) is 12.4. The predicted molar refractivity (Wildman–Crippen MR) is 80.4 cm³/mol. The Morgan fingerprint density at radius 1 is 1.26 bits per heavy atom. The molecule has 0 amide bonds. The Labute approximate surface area is 131 Å². The smallest absolute Gasteiger partial charge is 0.437 e. The molecule has 0 bridgehead atoms. The summed E-state index contributed by atoms with van der Waals surface area (Å²) in [6.07, 6.45) is 1.44. The van der Waals surface area contributed by atoms with Gasteiger partial charge in [-0.05, 0) is 43.3 Å². The zero-order chi connectivity index (χ0) is 16.2. The van der Waals surface area contributed by atoms with Gasteiger partial charge in [-0.1, -0.05) is 0 Å². The maximum atomic E-state index is 12.2. The second-order valence-electron chi connectivity index (χ2n) is 4.69. The van der Waals surface area contributed by atoms with Crippen LogP contribution in [0, 0.1) is 0 Å². The lowest BCUT2D eigenvalue weighted by molar-refractivity contribution is 0.0965. The van der Waals surface area contributed by atoms with Gasteiger partial charge in [0.25, 0.3) is 5.89 Å². The SMILES string of the molecule is CCOc1ccc(C(=O)Cn2nc(-c3ccco3)oc2=O)cc1. The summed E-state index contributed by atoms with van der Waals surface area (Å²) in [5, 5.41) is 3.96. The standard InChI is InChI=1S/C16H14N2O5/c1-2-21-12-7-5-11(6-8-12)13(19)10-18-16(20)23-15(17-18)14-4-3-9-22-14/h3-9H,2,10H2,1H3. The summed E-state index contributed by atoms with van der Waals surface area (Å²) < 4.78 is 16.4. The number of Topliss-reactive ketones (excluding diaryl/α,β-unsaturated/α-hetero) is 1. The maximum Gasteiger partial charge on any atom is 0.437 e. The number of ether oxygens (including phenoxy) is 1. The van der Waals surface area contributed by atoms with Gasteiger partial charge in [0.15, 0.2) is 11.5 Å². The lowest BCUT2D eigenvalue weighted by atomic mass is 10.1. The van der Waals surface area contributed by atoms with Crippen molar-refractivity contribution in [3.05, 3.63) is 58.8 Å². The van der Waals surface area contributed by atoms with Crippen molar-refractivity contribution >= 4 is 5.78 Å². The van der Waals surface area contributed by atoms with Crippen LogP contribution >= 0.6 is 0 Å². The Bertz CT molecular complexity index is 843. The molecular formula is C16H14N2O5. The third-order valence-corrected chi connectivity index (χ3v) is 3.12. The van der Waals surface area contributed by atoms with E-state index < -0.39 is 5.76 Å². The van der Waals surface area contributed by atoms with E-state index in [1.54, 1.807) is 36.4 Å². The molecule has 7 heteroatoms. The van der Waals surface area contributed by atoms with Crippen molar-refractivity contribution in [3.63, 3.8) is 0 Å². The second-order valence-corrected chi connectivity index (χ2v) is 4.69. The molecule has 118 valence electrons. The molecule has 23 heavy (non-hydrogen) atoms. The van der Waals surface area contributed by atoms with Crippen LogP contribution in [0.3, 0.4) is 0 Å². The lowest BCUT2D eigenvalue weighted by Gasteiger charge is -2.04. The third kappa shape index (κ3) is 3.23. The molecule has 0 atom stereocenters. The monoisotopic (exact) mass is 314 g/mol. The van der Waals surface area contributed by atoms with Crippen molar-refractivity contribution in [3.8, 4) is 17.4 Å².